The SMILES string of the molecule is CC/C=C\C/C=C\C/C=C\C/C=C\C/C=C\C/C=C\C/C=C\C/C=C\C/C=C\CCCCCCCCCC(=O)OCC(COC(=O)CCCCCCCCCCC)OC(=O)CCCCCCCCCCCCCCCC. The number of hydrogen-bond donors (Lipinski definition) is 0. The Morgan fingerprint density at radius 1 is 0.276 bits per heavy atom. The van der Waals surface area contributed by atoms with E-state index < -0.39 is 6.10 Å². The van der Waals surface area contributed by atoms with Crippen LogP contribution in [0.1, 0.15) is 297 Å². The molecule has 6 nitrogen and oxygen atoms in total. The molecule has 6 heteroatoms. The smallest absolute Gasteiger partial charge is 0.306 e. The summed E-state index contributed by atoms with van der Waals surface area (Å²) in [6.07, 6.45) is 86.8. The topological polar surface area (TPSA) is 78.9 Å². The number of esters is 3. The Morgan fingerprint density at radius 3 is 0.803 bits per heavy atom. The summed E-state index contributed by atoms with van der Waals surface area (Å²) in [5, 5.41) is 0. The minimum absolute atomic E-state index is 0.0774. The molecule has 0 saturated carbocycles. The van der Waals surface area contributed by atoms with Gasteiger partial charge >= 0.3 is 17.9 Å². The van der Waals surface area contributed by atoms with Gasteiger partial charge in [-0.15, -0.1) is 0 Å². The molecule has 434 valence electrons. The van der Waals surface area contributed by atoms with Crippen molar-refractivity contribution in [1.82, 2.24) is 0 Å². The number of rotatable bonds is 57. The van der Waals surface area contributed by atoms with Crippen molar-refractivity contribution in [3.63, 3.8) is 0 Å². The largest absolute Gasteiger partial charge is 0.462 e. The predicted molar refractivity (Wildman–Crippen MR) is 330 cm³/mol. The van der Waals surface area contributed by atoms with Crippen LogP contribution in [0, 0.1) is 0 Å². The summed E-state index contributed by atoms with van der Waals surface area (Å²) in [6, 6.07) is 0. The maximum absolute atomic E-state index is 12.8. The van der Waals surface area contributed by atoms with Gasteiger partial charge in [0.2, 0.25) is 0 Å². The Labute approximate surface area is 470 Å². The van der Waals surface area contributed by atoms with E-state index in [-0.39, 0.29) is 31.1 Å². The summed E-state index contributed by atoms with van der Waals surface area (Å²) in [6.45, 7) is 6.51. The van der Waals surface area contributed by atoms with Crippen molar-refractivity contribution < 1.29 is 28.6 Å². The standard InChI is InChI=1S/C70H118O6/c1-4-7-10-13-16-19-21-23-25-26-27-28-29-30-31-32-33-34-35-36-37-38-39-40-41-42-43-44-45-47-48-51-54-57-60-63-69(72)75-66-67(65-74-68(71)62-59-56-53-50-18-15-12-9-6-3)76-70(73)64-61-58-55-52-49-46-24-22-20-17-14-11-8-5-2/h7,10,16,19,23,25,27-28,30-31,33-34,36-37,39-40,42-43,67H,4-6,8-9,11-15,17-18,20-22,24,26,29,32,35,38,41,44-66H2,1-3H3/b10-7-,19-16-,25-23-,28-27-,31-30-,34-33-,37-36-,40-39-,43-42-. The van der Waals surface area contributed by atoms with Crippen molar-refractivity contribution in [3.05, 3.63) is 109 Å². The fourth-order valence-corrected chi connectivity index (χ4v) is 8.79. The molecule has 0 spiro atoms. The van der Waals surface area contributed by atoms with E-state index in [0.717, 1.165) is 122 Å². The number of carbonyl (C=O) groups is 3. The van der Waals surface area contributed by atoms with Gasteiger partial charge in [0.05, 0.1) is 0 Å². The Balaban J connectivity index is 4.16. The molecule has 0 bridgehead atoms. The Hall–Kier alpha value is -3.93. The van der Waals surface area contributed by atoms with Gasteiger partial charge in [-0.05, 0) is 89.9 Å². The monoisotopic (exact) mass is 1050 g/mol. The van der Waals surface area contributed by atoms with Crippen LogP contribution in [0.2, 0.25) is 0 Å². The highest BCUT2D eigenvalue weighted by Crippen LogP contribution is 2.16. The predicted octanol–water partition coefficient (Wildman–Crippen LogP) is 21.8. The average Bonchev–Trinajstić information content (AvgIpc) is 3.42. The normalized spacial score (nSPS) is 12.8. The van der Waals surface area contributed by atoms with Crippen molar-refractivity contribution >= 4 is 17.9 Å². The van der Waals surface area contributed by atoms with E-state index in [9.17, 15) is 14.4 Å². The lowest BCUT2D eigenvalue weighted by Gasteiger charge is -2.18. The van der Waals surface area contributed by atoms with Crippen LogP contribution in [0.15, 0.2) is 109 Å². The lowest BCUT2D eigenvalue weighted by molar-refractivity contribution is -0.167. The highest BCUT2D eigenvalue weighted by Gasteiger charge is 2.19. The Bertz CT molecular complexity index is 1540. The lowest BCUT2D eigenvalue weighted by atomic mass is 10.0. The first-order valence-electron chi connectivity index (χ1n) is 31.9. The molecule has 0 fully saturated rings. The third-order valence-corrected chi connectivity index (χ3v) is 13.5. The maximum Gasteiger partial charge on any atom is 0.306 e. The molecule has 0 amide bonds. The van der Waals surface area contributed by atoms with Crippen LogP contribution in [0.5, 0.6) is 0 Å². The summed E-state index contributed by atoms with van der Waals surface area (Å²) in [5.74, 6) is -0.884. The van der Waals surface area contributed by atoms with Crippen LogP contribution in [0.3, 0.4) is 0 Å². The quantitative estimate of drug-likeness (QED) is 0.0261. The third kappa shape index (κ3) is 60.9. The third-order valence-electron chi connectivity index (χ3n) is 13.5. The van der Waals surface area contributed by atoms with Crippen LogP contribution in [0.4, 0.5) is 0 Å². The minimum Gasteiger partial charge on any atom is -0.462 e. The van der Waals surface area contributed by atoms with Crippen molar-refractivity contribution in [2.75, 3.05) is 13.2 Å². The van der Waals surface area contributed by atoms with E-state index in [4.69, 9.17) is 14.2 Å². The van der Waals surface area contributed by atoms with Gasteiger partial charge in [-0.3, -0.25) is 14.4 Å². The summed E-state index contributed by atoms with van der Waals surface area (Å²) in [7, 11) is 0. The van der Waals surface area contributed by atoms with Gasteiger partial charge < -0.3 is 14.2 Å². The second kappa shape index (κ2) is 63.6. The molecule has 0 aliphatic heterocycles. The maximum atomic E-state index is 12.8. The first-order valence-corrected chi connectivity index (χ1v) is 31.9. The minimum atomic E-state index is -0.778. The molecule has 0 N–H and O–H groups in total. The van der Waals surface area contributed by atoms with Gasteiger partial charge in [0, 0.05) is 19.3 Å². The zero-order valence-electron chi connectivity index (χ0n) is 49.7. The van der Waals surface area contributed by atoms with E-state index in [1.54, 1.807) is 0 Å². The van der Waals surface area contributed by atoms with Crippen LogP contribution in [0.25, 0.3) is 0 Å². The number of carbonyl (C=O) groups excluding carboxylic acids is 3. The molecule has 1 unspecified atom stereocenters. The molecular formula is C70H118O6. The number of ether oxygens (including phenoxy) is 3. The Kier molecular flexibility index (Phi) is 60.3. The van der Waals surface area contributed by atoms with E-state index in [2.05, 4.69) is 130 Å². The molecule has 1 atom stereocenters. The van der Waals surface area contributed by atoms with Crippen molar-refractivity contribution in [2.45, 2.75) is 303 Å². The van der Waals surface area contributed by atoms with Crippen molar-refractivity contribution in [3.8, 4) is 0 Å². The highest BCUT2D eigenvalue weighted by molar-refractivity contribution is 5.71. The number of hydrogen-bond acceptors (Lipinski definition) is 6. The van der Waals surface area contributed by atoms with E-state index >= 15 is 0 Å². The van der Waals surface area contributed by atoms with Gasteiger partial charge in [-0.25, -0.2) is 0 Å². The second-order valence-electron chi connectivity index (χ2n) is 21.0. The first-order chi connectivity index (χ1) is 37.5. The van der Waals surface area contributed by atoms with Crippen LogP contribution >= 0.6 is 0 Å². The molecular weight excluding hydrogens is 937 g/mol. The fourth-order valence-electron chi connectivity index (χ4n) is 8.79. The van der Waals surface area contributed by atoms with Gasteiger partial charge in [-0.1, -0.05) is 297 Å². The van der Waals surface area contributed by atoms with E-state index in [0.29, 0.717) is 19.3 Å². The van der Waals surface area contributed by atoms with Gasteiger partial charge in [0.25, 0.3) is 0 Å². The highest BCUT2D eigenvalue weighted by atomic mass is 16.6. The Morgan fingerprint density at radius 2 is 0.513 bits per heavy atom. The average molecular weight is 1060 g/mol. The summed E-state index contributed by atoms with van der Waals surface area (Å²) < 4.78 is 16.8. The van der Waals surface area contributed by atoms with Crippen molar-refractivity contribution in [2.24, 2.45) is 0 Å². The molecule has 0 aliphatic carbocycles. The molecule has 0 aromatic carbocycles. The van der Waals surface area contributed by atoms with Crippen LogP contribution < -0.4 is 0 Å². The molecule has 76 heavy (non-hydrogen) atoms. The zero-order valence-corrected chi connectivity index (χ0v) is 49.7. The van der Waals surface area contributed by atoms with Crippen molar-refractivity contribution in [1.29, 1.82) is 0 Å². The molecule has 0 rings (SSSR count). The molecule has 0 radical (unpaired) electrons. The first kappa shape index (κ1) is 72.1. The van der Waals surface area contributed by atoms with Crippen LogP contribution in [-0.4, -0.2) is 37.2 Å². The number of allylic oxidation sites excluding steroid dienone is 18. The lowest BCUT2D eigenvalue weighted by Crippen LogP contribution is -2.30. The van der Waals surface area contributed by atoms with E-state index in [1.165, 1.54) is 135 Å². The van der Waals surface area contributed by atoms with Gasteiger partial charge in [0.1, 0.15) is 13.2 Å². The zero-order chi connectivity index (χ0) is 55.0. The van der Waals surface area contributed by atoms with Gasteiger partial charge in [-0.2, -0.15) is 0 Å². The van der Waals surface area contributed by atoms with Crippen LogP contribution in [-0.2, 0) is 28.6 Å². The second-order valence-corrected chi connectivity index (χ2v) is 21.0. The molecule has 0 saturated heterocycles. The molecule has 0 aromatic heterocycles. The fraction of sp³-hybridized carbons (Fsp3) is 0.700. The summed E-state index contributed by atoms with van der Waals surface area (Å²) in [5.41, 5.74) is 0. The molecule has 0 heterocycles. The molecule has 0 aliphatic rings. The number of unbranched alkanes of at least 4 members (excludes halogenated alkanes) is 28. The summed E-state index contributed by atoms with van der Waals surface area (Å²) in [4.78, 5) is 38.1. The molecule has 0 aromatic rings. The van der Waals surface area contributed by atoms with Gasteiger partial charge in [0.15, 0.2) is 6.10 Å². The summed E-state index contributed by atoms with van der Waals surface area (Å²) >= 11 is 0. The van der Waals surface area contributed by atoms with E-state index in [1.807, 2.05) is 0 Å².